The predicted molar refractivity (Wildman–Crippen MR) is 131 cm³/mol. The third-order valence-corrected chi connectivity index (χ3v) is 5.90. The summed E-state index contributed by atoms with van der Waals surface area (Å²) in [6, 6.07) is 10.4. The molecule has 0 spiro atoms. The van der Waals surface area contributed by atoms with Gasteiger partial charge in [0.1, 0.15) is 0 Å². The van der Waals surface area contributed by atoms with E-state index in [1.54, 1.807) is 36.4 Å². The molecule has 0 bridgehead atoms. The molecule has 0 aromatic heterocycles. The summed E-state index contributed by atoms with van der Waals surface area (Å²) in [6.07, 6.45) is 2.05. The normalized spacial score (nSPS) is 12.9. The van der Waals surface area contributed by atoms with E-state index >= 15 is 0 Å². The van der Waals surface area contributed by atoms with E-state index in [2.05, 4.69) is 41.8 Å². The van der Waals surface area contributed by atoms with Crippen LogP contribution in [0.25, 0.3) is 0 Å². The molecule has 6 nitrogen and oxygen atoms in total. The van der Waals surface area contributed by atoms with E-state index in [0.717, 1.165) is 44.8 Å². The lowest BCUT2D eigenvalue weighted by molar-refractivity contribution is 0.0980. The molecule has 2 aromatic carbocycles. The van der Waals surface area contributed by atoms with E-state index in [9.17, 15) is 9.59 Å². The van der Waals surface area contributed by atoms with Crippen molar-refractivity contribution in [2.45, 2.75) is 12.8 Å². The lowest BCUT2D eigenvalue weighted by Gasteiger charge is -2.23. The Bertz CT molecular complexity index is 947. The summed E-state index contributed by atoms with van der Waals surface area (Å²) in [4.78, 5) is 30.7. The quantitative estimate of drug-likeness (QED) is 0.242. The van der Waals surface area contributed by atoms with Gasteiger partial charge >= 0.3 is 0 Å². The van der Waals surface area contributed by atoms with Gasteiger partial charge in [0, 0.05) is 41.3 Å². The molecule has 0 saturated carbocycles. The Balaban J connectivity index is 1.58. The van der Waals surface area contributed by atoms with Crippen molar-refractivity contribution in [1.82, 2.24) is 9.80 Å². The maximum Gasteiger partial charge on any atom is 0.196 e. The first-order valence-electron chi connectivity index (χ1n) is 10.8. The number of carbonyl (C=O) groups is 2. The van der Waals surface area contributed by atoms with Crippen LogP contribution in [0.15, 0.2) is 36.4 Å². The molecular weight excluding hydrogens is 408 g/mol. The van der Waals surface area contributed by atoms with Crippen LogP contribution in [0.5, 0.6) is 0 Å². The van der Waals surface area contributed by atoms with Crippen molar-refractivity contribution >= 4 is 35.6 Å². The number of fused-ring (bicyclic) bond motifs is 2. The molecule has 2 aromatic rings. The molecule has 3 rings (SSSR count). The van der Waals surface area contributed by atoms with Crippen LogP contribution in [0, 0.1) is 0 Å². The molecule has 0 amide bonds. The zero-order chi connectivity index (χ0) is 22.4. The number of benzene rings is 2. The standard InChI is InChI=1S/C24H32N4O2S/c1-27(13-6-14-28(2)15-16-31)12-5-11-26-20-10-9-19(25)21-22(20)24(30)18-8-4-3-7-17(18)23(21)29/h3-4,7-10,26,31H,5-6,11-16,25H2,1-2H3. The summed E-state index contributed by atoms with van der Waals surface area (Å²) in [6.45, 7) is 4.78. The van der Waals surface area contributed by atoms with E-state index in [0.29, 0.717) is 40.2 Å². The van der Waals surface area contributed by atoms with Gasteiger partial charge < -0.3 is 20.9 Å². The summed E-state index contributed by atoms with van der Waals surface area (Å²) in [5, 5.41) is 3.36. The highest BCUT2D eigenvalue weighted by Gasteiger charge is 2.33. The van der Waals surface area contributed by atoms with Gasteiger partial charge in [0.2, 0.25) is 0 Å². The Labute approximate surface area is 190 Å². The summed E-state index contributed by atoms with van der Waals surface area (Å²) in [5.41, 5.74) is 8.68. The molecular formula is C24H32N4O2S. The van der Waals surface area contributed by atoms with Crippen molar-refractivity contribution in [1.29, 1.82) is 0 Å². The van der Waals surface area contributed by atoms with Crippen LogP contribution in [-0.4, -0.2) is 73.9 Å². The van der Waals surface area contributed by atoms with Gasteiger partial charge in [-0.1, -0.05) is 24.3 Å². The Kier molecular flexibility index (Phi) is 8.12. The highest BCUT2D eigenvalue weighted by Crippen LogP contribution is 2.35. The Morgan fingerprint density at radius 2 is 1.42 bits per heavy atom. The van der Waals surface area contributed by atoms with E-state index in [-0.39, 0.29) is 11.6 Å². The number of hydrogen-bond acceptors (Lipinski definition) is 7. The molecule has 0 unspecified atom stereocenters. The number of nitrogens with one attached hydrogen (secondary N) is 1. The molecule has 7 heteroatoms. The number of anilines is 2. The van der Waals surface area contributed by atoms with Gasteiger partial charge in [0.15, 0.2) is 11.6 Å². The second kappa shape index (κ2) is 10.8. The average molecular weight is 441 g/mol. The number of carbonyl (C=O) groups excluding carboxylic acids is 2. The predicted octanol–water partition coefficient (Wildman–Crippen LogP) is 3.03. The molecule has 0 saturated heterocycles. The second-order valence-electron chi connectivity index (χ2n) is 8.12. The van der Waals surface area contributed by atoms with Gasteiger partial charge in [-0.05, 0) is 58.7 Å². The number of nitrogens with zero attached hydrogens (tertiary/aromatic N) is 2. The van der Waals surface area contributed by atoms with E-state index in [1.165, 1.54) is 0 Å². The number of rotatable bonds is 11. The SMILES string of the molecule is CN(CCS)CCCN(C)CCCNc1ccc(N)c2c1C(=O)c1ccccc1C2=O. The minimum absolute atomic E-state index is 0.151. The molecule has 31 heavy (non-hydrogen) atoms. The van der Waals surface area contributed by atoms with Gasteiger partial charge in [-0.2, -0.15) is 12.6 Å². The maximum absolute atomic E-state index is 13.1. The fraction of sp³-hybridized carbons (Fsp3) is 0.417. The topological polar surface area (TPSA) is 78.7 Å². The largest absolute Gasteiger partial charge is 0.398 e. The Morgan fingerprint density at radius 3 is 2.06 bits per heavy atom. The second-order valence-corrected chi connectivity index (χ2v) is 8.57. The summed E-state index contributed by atoms with van der Waals surface area (Å²) in [5.74, 6) is 0.545. The van der Waals surface area contributed by atoms with Crippen LogP contribution in [0.4, 0.5) is 11.4 Å². The third kappa shape index (κ3) is 5.47. The van der Waals surface area contributed by atoms with Crippen LogP contribution in [0.3, 0.4) is 0 Å². The molecule has 1 aliphatic carbocycles. The van der Waals surface area contributed by atoms with E-state index < -0.39 is 0 Å². The summed E-state index contributed by atoms with van der Waals surface area (Å²) < 4.78 is 0. The van der Waals surface area contributed by atoms with Crippen molar-refractivity contribution in [2.75, 3.05) is 63.6 Å². The van der Waals surface area contributed by atoms with E-state index in [4.69, 9.17) is 5.73 Å². The summed E-state index contributed by atoms with van der Waals surface area (Å²) in [7, 11) is 4.25. The third-order valence-electron chi connectivity index (χ3n) is 5.70. The van der Waals surface area contributed by atoms with Crippen molar-refractivity contribution in [2.24, 2.45) is 0 Å². The van der Waals surface area contributed by atoms with Crippen LogP contribution >= 0.6 is 12.6 Å². The highest BCUT2D eigenvalue weighted by atomic mass is 32.1. The number of nitrogen functional groups attached to an aromatic ring is 1. The van der Waals surface area contributed by atoms with Crippen molar-refractivity contribution < 1.29 is 9.59 Å². The molecule has 0 aliphatic heterocycles. The first kappa shape index (κ1) is 23.3. The molecule has 1 aliphatic rings. The monoisotopic (exact) mass is 440 g/mol. The molecule has 3 N–H and O–H groups in total. The number of nitrogens with two attached hydrogens (primary N) is 1. The fourth-order valence-electron chi connectivity index (χ4n) is 3.97. The van der Waals surface area contributed by atoms with Crippen LogP contribution < -0.4 is 11.1 Å². The van der Waals surface area contributed by atoms with Crippen molar-refractivity contribution in [3.63, 3.8) is 0 Å². The molecule has 166 valence electrons. The number of ketones is 2. The number of hydrogen-bond donors (Lipinski definition) is 3. The van der Waals surface area contributed by atoms with Crippen molar-refractivity contribution in [3.05, 3.63) is 58.7 Å². The zero-order valence-electron chi connectivity index (χ0n) is 18.4. The van der Waals surface area contributed by atoms with Crippen molar-refractivity contribution in [3.8, 4) is 0 Å². The van der Waals surface area contributed by atoms with E-state index in [1.807, 2.05) is 0 Å². The Morgan fingerprint density at radius 1 is 0.839 bits per heavy atom. The molecule has 0 radical (unpaired) electrons. The van der Waals surface area contributed by atoms with Gasteiger partial charge in [-0.25, -0.2) is 0 Å². The minimum atomic E-state index is -0.186. The average Bonchev–Trinajstić information content (AvgIpc) is 2.76. The van der Waals surface area contributed by atoms with Gasteiger partial charge in [-0.15, -0.1) is 0 Å². The zero-order valence-corrected chi connectivity index (χ0v) is 19.3. The lowest BCUT2D eigenvalue weighted by Crippen LogP contribution is -2.28. The van der Waals surface area contributed by atoms with Gasteiger partial charge in [-0.3, -0.25) is 9.59 Å². The molecule has 0 heterocycles. The maximum atomic E-state index is 13.1. The summed E-state index contributed by atoms with van der Waals surface area (Å²) >= 11 is 4.26. The van der Waals surface area contributed by atoms with Gasteiger partial charge in [0.05, 0.1) is 11.1 Å². The lowest BCUT2D eigenvalue weighted by atomic mass is 9.82. The minimum Gasteiger partial charge on any atom is -0.398 e. The van der Waals surface area contributed by atoms with Crippen LogP contribution in [0.2, 0.25) is 0 Å². The Hall–Kier alpha value is -2.35. The highest BCUT2D eigenvalue weighted by molar-refractivity contribution is 7.80. The first-order chi connectivity index (χ1) is 14.9. The first-order valence-corrected chi connectivity index (χ1v) is 11.4. The molecule has 0 atom stereocenters. The molecule has 0 fully saturated rings. The fourth-order valence-corrected chi connectivity index (χ4v) is 4.31. The number of thiol groups is 1. The van der Waals surface area contributed by atoms with Crippen LogP contribution in [0.1, 0.15) is 44.7 Å². The van der Waals surface area contributed by atoms with Gasteiger partial charge in [0.25, 0.3) is 0 Å². The van der Waals surface area contributed by atoms with Crippen LogP contribution in [-0.2, 0) is 0 Å². The smallest absolute Gasteiger partial charge is 0.196 e.